The van der Waals surface area contributed by atoms with Crippen LogP contribution in [0.25, 0.3) is 10.9 Å². The number of sulfonamides is 1. The Hall–Kier alpha value is -4.06. The van der Waals surface area contributed by atoms with Crippen molar-refractivity contribution in [2.45, 2.75) is 37.8 Å². The first-order chi connectivity index (χ1) is 17.8. The first-order valence-electron chi connectivity index (χ1n) is 11.8. The first-order valence-corrected chi connectivity index (χ1v) is 13.2. The van der Waals surface area contributed by atoms with Gasteiger partial charge in [-0.05, 0) is 55.3 Å². The number of carbonyl (C=O) groups is 1. The highest BCUT2D eigenvalue weighted by Crippen LogP contribution is 2.25. The average Bonchev–Trinajstić information content (AvgIpc) is 3.22. The number of ether oxygens (including phenoxy) is 1. The Balaban J connectivity index is 1.56. The summed E-state index contributed by atoms with van der Waals surface area (Å²) >= 11 is 0. The van der Waals surface area contributed by atoms with E-state index >= 15 is 0 Å². The highest BCUT2D eigenvalue weighted by Gasteiger charge is 2.27. The van der Waals surface area contributed by atoms with Gasteiger partial charge in [0.05, 0.1) is 4.90 Å². The number of nitrogens with one attached hydrogen (secondary N) is 1. The molecule has 1 aromatic heterocycles. The number of rotatable bonds is 10. The molecular formula is C29H28N2O5S. The SMILES string of the molecule is CC#CCOc1ccc(S(=O)(=O)N[C@H](Cc2cn(Cc3ccc(C)cc3)c3ccccc23)C(=O)O)cc1. The van der Waals surface area contributed by atoms with Gasteiger partial charge in [0, 0.05) is 30.1 Å². The Morgan fingerprint density at radius 2 is 1.76 bits per heavy atom. The van der Waals surface area contributed by atoms with Crippen LogP contribution in [0.5, 0.6) is 5.75 Å². The Bertz CT molecular complexity index is 1560. The minimum atomic E-state index is -4.09. The van der Waals surface area contributed by atoms with Crippen molar-refractivity contribution in [2.75, 3.05) is 6.61 Å². The second kappa shape index (κ2) is 11.3. The van der Waals surface area contributed by atoms with Gasteiger partial charge in [-0.15, -0.1) is 5.92 Å². The van der Waals surface area contributed by atoms with Crippen LogP contribution in [0.1, 0.15) is 23.6 Å². The molecule has 37 heavy (non-hydrogen) atoms. The van der Waals surface area contributed by atoms with Gasteiger partial charge in [0.15, 0.2) is 0 Å². The van der Waals surface area contributed by atoms with E-state index in [4.69, 9.17) is 4.74 Å². The normalized spacial score (nSPS) is 12.1. The predicted molar refractivity (Wildman–Crippen MR) is 143 cm³/mol. The predicted octanol–water partition coefficient (Wildman–Crippen LogP) is 4.37. The molecule has 0 aliphatic carbocycles. The maximum Gasteiger partial charge on any atom is 0.322 e. The van der Waals surface area contributed by atoms with Crippen LogP contribution in [0.3, 0.4) is 0 Å². The number of aromatic nitrogens is 1. The van der Waals surface area contributed by atoms with Gasteiger partial charge in [-0.2, -0.15) is 4.72 Å². The number of aliphatic carboxylic acids is 1. The lowest BCUT2D eigenvalue weighted by atomic mass is 10.1. The summed E-state index contributed by atoms with van der Waals surface area (Å²) in [5.74, 6) is 4.70. The number of carboxylic acids is 1. The van der Waals surface area contributed by atoms with Crippen molar-refractivity contribution in [3.05, 3.63) is 95.7 Å². The van der Waals surface area contributed by atoms with Gasteiger partial charge in [-0.1, -0.05) is 53.9 Å². The van der Waals surface area contributed by atoms with E-state index in [1.54, 1.807) is 6.92 Å². The minimum Gasteiger partial charge on any atom is -0.481 e. The average molecular weight is 517 g/mol. The van der Waals surface area contributed by atoms with Gasteiger partial charge in [-0.3, -0.25) is 4.79 Å². The van der Waals surface area contributed by atoms with Gasteiger partial charge in [0.25, 0.3) is 0 Å². The van der Waals surface area contributed by atoms with E-state index in [0.29, 0.717) is 12.3 Å². The van der Waals surface area contributed by atoms with Crippen molar-refractivity contribution < 1.29 is 23.1 Å². The zero-order valence-electron chi connectivity index (χ0n) is 20.6. The van der Waals surface area contributed by atoms with Crippen LogP contribution in [0.4, 0.5) is 0 Å². The quantitative estimate of drug-likeness (QED) is 0.305. The molecule has 0 radical (unpaired) electrons. The molecule has 4 aromatic rings. The van der Waals surface area contributed by atoms with Crippen LogP contribution in [0, 0.1) is 18.8 Å². The van der Waals surface area contributed by atoms with Crippen molar-refractivity contribution in [3.63, 3.8) is 0 Å². The Kier molecular flexibility index (Phi) is 7.97. The van der Waals surface area contributed by atoms with Crippen molar-refractivity contribution in [2.24, 2.45) is 0 Å². The molecule has 0 aliphatic rings. The molecule has 2 N–H and O–H groups in total. The molecule has 4 rings (SSSR count). The third-order valence-corrected chi connectivity index (χ3v) is 7.47. The van der Waals surface area contributed by atoms with Crippen LogP contribution in [-0.2, 0) is 27.8 Å². The number of nitrogens with zero attached hydrogens (tertiary/aromatic N) is 1. The second-order valence-corrected chi connectivity index (χ2v) is 10.4. The lowest BCUT2D eigenvalue weighted by molar-refractivity contribution is -0.138. The van der Waals surface area contributed by atoms with E-state index < -0.39 is 22.0 Å². The van der Waals surface area contributed by atoms with Crippen LogP contribution in [0.15, 0.2) is 83.9 Å². The van der Waals surface area contributed by atoms with Gasteiger partial charge >= 0.3 is 5.97 Å². The molecule has 0 saturated carbocycles. The molecule has 0 bridgehead atoms. The molecule has 3 aromatic carbocycles. The number of carboxylic acid groups (broad SMARTS) is 1. The van der Waals surface area contributed by atoms with Gasteiger partial charge in [0.2, 0.25) is 10.0 Å². The van der Waals surface area contributed by atoms with E-state index in [9.17, 15) is 18.3 Å². The summed E-state index contributed by atoms with van der Waals surface area (Å²) in [4.78, 5) is 12.1. The maximum atomic E-state index is 13.0. The number of aryl methyl sites for hydroxylation is 1. The summed E-state index contributed by atoms with van der Waals surface area (Å²) < 4.78 is 35.8. The van der Waals surface area contributed by atoms with Crippen LogP contribution in [-0.4, -0.2) is 36.7 Å². The van der Waals surface area contributed by atoms with Crippen molar-refractivity contribution in [1.82, 2.24) is 9.29 Å². The number of para-hydroxylation sites is 1. The number of hydrogen-bond donors (Lipinski definition) is 2. The number of hydrogen-bond acceptors (Lipinski definition) is 4. The Morgan fingerprint density at radius 1 is 1.05 bits per heavy atom. The van der Waals surface area contributed by atoms with Crippen molar-refractivity contribution in [3.8, 4) is 17.6 Å². The zero-order chi connectivity index (χ0) is 26.4. The fourth-order valence-corrected chi connectivity index (χ4v) is 5.26. The van der Waals surface area contributed by atoms with E-state index in [2.05, 4.69) is 45.4 Å². The molecule has 0 saturated heterocycles. The molecule has 0 fully saturated rings. The largest absolute Gasteiger partial charge is 0.481 e. The molecule has 0 spiro atoms. The molecule has 8 heteroatoms. The molecule has 1 heterocycles. The molecule has 0 aliphatic heterocycles. The minimum absolute atomic E-state index is 0.00709. The highest BCUT2D eigenvalue weighted by atomic mass is 32.2. The summed E-state index contributed by atoms with van der Waals surface area (Å²) in [5.41, 5.74) is 3.99. The first kappa shape index (κ1) is 26.0. The van der Waals surface area contributed by atoms with Crippen LogP contribution >= 0.6 is 0 Å². The summed E-state index contributed by atoms with van der Waals surface area (Å²) in [5, 5.41) is 10.8. The van der Waals surface area contributed by atoms with E-state index in [0.717, 1.165) is 22.0 Å². The second-order valence-electron chi connectivity index (χ2n) is 8.69. The number of fused-ring (bicyclic) bond motifs is 1. The fraction of sp³-hybridized carbons (Fsp3) is 0.207. The standard InChI is InChI=1S/C29H28N2O5S/c1-3-4-17-36-24-13-15-25(16-14-24)37(34,35)30-27(29(32)33)18-23-20-31(28-8-6-5-7-26(23)28)19-22-11-9-21(2)10-12-22/h5-16,20,27,30H,17-19H2,1-2H3,(H,32,33)/t27-/m1/s1. The highest BCUT2D eigenvalue weighted by molar-refractivity contribution is 7.89. The topological polar surface area (TPSA) is 97.6 Å². The van der Waals surface area contributed by atoms with Gasteiger partial charge in [-0.25, -0.2) is 8.42 Å². The van der Waals surface area contributed by atoms with Gasteiger partial charge in [0.1, 0.15) is 18.4 Å². The molecule has 0 amide bonds. The zero-order valence-corrected chi connectivity index (χ0v) is 21.5. The van der Waals surface area contributed by atoms with E-state index in [1.807, 2.05) is 37.4 Å². The maximum absolute atomic E-state index is 13.0. The van der Waals surface area contributed by atoms with Crippen LogP contribution < -0.4 is 9.46 Å². The van der Waals surface area contributed by atoms with Crippen molar-refractivity contribution >= 4 is 26.9 Å². The van der Waals surface area contributed by atoms with Gasteiger partial charge < -0.3 is 14.4 Å². The van der Waals surface area contributed by atoms with Crippen molar-refractivity contribution in [1.29, 1.82) is 0 Å². The fourth-order valence-electron chi connectivity index (χ4n) is 4.07. The summed E-state index contributed by atoms with van der Waals surface area (Å²) in [7, 11) is -4.09. The smallest absolute Gasteiger partial charge is 0.322 e. The lowest BCUT2D eigenvalue weighted by Gasteiger charge is -2.15. The lowest BCUT2D eigenvalue weighted by Crippen LogP contribution is -2.42. The summed E-state index contributed by atoms with van der Waals surface area (Å²) in [6.45, 7) is 4.54. The third-order valence-electron chi connectivity index (χ3n) is 5.99. The monoisotopic (exact) mass is 516 g/mol. The van der Waals surface area contributed by atoms with E-state index in [1.165, 1.54) is 29.8 Å². The Labute approximate surface area is 216 Å². The number of benzene rings is 3. The third kappa shape index (κ3) is 6.39. The summed E-state index contributed by atoms with van der Waals surface area (Å²) in [6, 6.07) is 20.4. The van der Waals surface area contributed by atoms with Crippen LogP contribution in [0.2, 0.25) is 0 Å². The molecule has 1 atom stereocenters. The summed E-state index contributed by atoms with van der Waals surface area (Å²) in [6.07, 6.45) is 1.90. The molecule has 190 valence electrons. The molecular weight excluding hydrogens is 488 g/mol. The van der Waals surface area contributed by atoms with E-state index in [-0.39, 0.29) is 17.9 Å². The molecule has 7 nitrogen and oxygen atoms in total. The molecule has 0 unspecified atom stereocenters. The Morgan fingerprint density at radius 3 is 2.43 bits per heavy atom.